The highest BCUT2D eigenvalue weighted by Gasteiger charge is 2.35. The van der Waals surface area contributed by atoms with Gasteiger partial charge >= 0.3 is 0 Å². The van der Waals surface area contributed by atoms with E-state index in [1.165, 1.54) is 0 Å². The first-order chi connectivity index (χ1) is 8.38. The molecular weight excluding hydrogens is 248 g/mol. The summed E-state index contributed by atoms with van der Waals surface area (Å²) in [6.07, 6.45) is 0. The van der Waals surface area contributed by atoms with Gasteiger partial charge in [0.25, 0.3) is 0 Å². The third-order valence-corrected chi connectivity index (χ3v) is 5.55. The molecule has 1 aliphatic heterocycles. The van der Waals surface area contributed by atoms with Crippen molar-refractivity contribution in [2.24, 2.45) is 0 Å². The number of rotatable bonds is 2. The van der Waals surface area contributed by atoms with Crippen molar-refractivity contribution in [3.05, 3.63) is 23.3 Å². The molecule has 1 N–H and O–H groups in total. The molecule has 0 amide bonds. The maximum absolute atomic E-state index is 12.4. The lowest BCUT2D eigenvalue weighted by molar-refractivity contribution is 0.559. The minimum atomic E-state index is -3.18. The van der Waals surface area contributed by atoms with Crippen LogP contribution in [0.5, 0.6) is 0 Å². The third kappa shape index (κ3) is 2.01. The molecule has 1 heterocycles. The predicted molar refractivity (Wildman–Crippen MR) is 74.1 cm³/mol. The van der Waals surface area contributed by atoms with Crippen LogP contribution in [0.1, 0.15) is 11.1 Å². The molecule has 0 saturated heterocycles. The molecule has 1 atom stereocenters. The lowest BCUT2D eigenvalue weighted by atomic mass is 10.1. The average Bonchev–Trinajstić information content (AvgIpc) is 2.28. The highest BCUT2D eigenvalue weighted by Crippen LogP contribution is 2.37. The smallest absolute Gasteiger partial charge is 0.182 e. The van der Waals surface area contributed by atoms with E-state index in [9.17, 15) is 8.42 Å². The molecule has 4 nitrogen and oxygen atoms in total. The Balaban J connectivity index is 2.66. The maximum atomic E-state index is 12.4. The Morgan fingerprint density at radius 2 is 1.94 bits per heavy atom. The standard InChI is InChI=1S/C13H20N2O2S/c1-9-5-6-10(2)13-12(9)15(4)11(7-14-3)8-18(13,16)17/h5-6,11,14H,7-8H2,1-4H3. The predicted octanol–water partition coefficient (Wildman–Crippen LogP) is 1.11. The van der Waals surface area contributed by atoms with Gasteiger partial charge in [0.05, 0.1) is 22.4 Å². The summed E-state index contributed by atoms with van der Waals surface area (Å²) in [6, 6.07) is 3.87. The van der Waals surface area contributed by atoms with Gasteiger partial charge in [-0.15, -0.1) is 0 Å². The highest BCUT2D eigenvalue weighted by atomic mass is 32.2. The van der Waals surface area contributed by atoms with E-state index in [0.717, 1.165) is 16.8 Å². The Hall–Kier alpha value is -1.07. The molecule has 1 aromatic carbocycles. The SMILES string of the molecule is CNCC1CS(=O)(=O)c2c(C)ccc(C)c2N1C. The molecule has 0 aromatic heterocycles. The molecular formula is C13H20N2O2S. The van der Waals surface area contributed by atoms with Gasteiger partial charge in [-0.05, 0) is 32.0 Å². The highest BCUT2D eigenvalue weighted by molar-refractivity contribution is 7.91. The second-order valence-electron chi connectivity index (χ2n) is 4.98. The molecule has 0 spiro atoms. The molecule has 1 unspecified atom stereocenters. The number of sulfone groups is 1. The summed E-state index contributed by atoms with van der Waals surface area (Å²) in [5.41, 5.74) is 2.72. The number of aryl methyl sites for hydroxylation is 2. The van der Waals surface area contributed by atoms with Gasteiger partial charge in [-0.3, -0.25) is 0 Å². The van der Waals surface area contributed by atoms with E-state index in [0.29, 0.717) is 11.4 Å². The second-order valence-corrected chi connectivity index (χ2v) is 6.95. The molecule has 0 bridgehead atoms. The van der Waals surface area contributed by atoms with Crippen molar-refractivity contribution in [1.29, 1.82) is 0 Å². The summed E-state index contributed by atoms with van der Waals surface area (Å²) in [7, 11) is 0.639. The number of fused-ring (bicyclic) bond motifs is 1. The molecule has 18 heavy (non-hydrogen) atoms. The quantitative estimate of drug-likeness (QED) is 0.873. The van der Waals surface area contributed by atoms with Crippen molar-refractivity contribution in [2.45, 2.75) is 24.8 Å². The van der Waals surface area contributed by atoms with Crippen molar-refractivity contribution in [1.82, 2.24) is 5.32 Å². The summed E-state index contributed by atoms with van der Waals surface area (Å²) in [6.45, 7) is 4.50. The van der Waals surface area contributed by atoms with Crippen LogP contribution >= 0.6 is 0 Å². The maximum Gasteiger partial charge on any atom is 0.182 e. The van der Waals surface area contributed by atoms with Crippen molar-refractivity contribution in [3.8, 4) is 0 Å². The fourth-order valence-electron chi connectivity index (χ4n) is 2.66. The third-order valence-electron chi connectivity index (χ3n) is 3.59. The van der Waals surface area contributed by atoms with Gasteiger partial charge in [-0.2, -0.15) is 0 Å². The van der Waals surface area contributed by atoms with Crippen molar-refractivity contribution in [2.75, 3.05) is 31.3 Å². The van der Waals surface area contributed by atoms with Gasteiger partial charge in [0.2, 0.25) is 0 Å². The van der Waals surface area contributed by atoms with E-state index in [-0.39, 0.29) is 11.8 Å². The van der Waals surface area contributed by atoms with Crippen LogP contribution in [0.2, 0.25) is 0 Å². The van der Waals surface area contributed by atoms with E-state index in [1.807, 2.05) is 40.1 Å². The lowest BCUT2D eigenvalue weighted by Gasteiger charge is -2.37. The van der Waals surface area contributed by atoms with Crippen LogP contribution in [-0.2, 0) is 9.84 Å². The fourth-order valence-corrected chi connectivity index (χ4v) is 4.84. The Bertz CT molecular complexity index is 567. The average molecular weight is 268 g/mol. The molecule has 0 aliphatic carbocycles. The first-order valence-corrected chi connectivity index (χ1v) is 7.74. The van der Waals surface area contributed by atoms with E-state index in [1.54, 1.807) is 0 Å². The normalized spacial score (nSPS) is 21.8. The van der Waals surface area contributed by atoms with Crippen LogP contribution in [-0.4, -0.2) is 40.9 Å². The van der Waals surface area contributed by atoms with E-state index < -0.39 is 9.84 Å². The van der Waals surface area contributed by atoms with Gasteiger partial charge in [0, 0.05) is 13.6 Å². The first-order valence-electron chi connectivity index (χ1n) is 6.09. The number of anilines is 1. The number of hydrogen-bond donors (Lipinski definition) is 1. The Morgan fingerprint density at radius 3 is 2.56 bits per heavy atom. The van der Waals surface area contributed by atoms with Crippen LogP contribution in [0.15, 0.2) is 17.0 Å². The molecule has 1 aromatic rings. The summed E-state index contributed by atoms with van der Waals surface area (Å²) < 4.78 is 24.8. The second kappa shape index (κ2) is 4.55. The number of hydrogen-bond acceptors (Lipinski definition) is 4. The molecule has 0 radical (unpaired) electrons. The lowest BCUT2D eigenvalue weighted by Crippen LogP contribution is -2.48. The van der Waals surface area contributed by atoms with E-state index in [4.69, 9.17) is 0 Å². The van der Waals surface area contributed by atoms with Crippen LogP contribution in [0, 0.1) is 13.8 Å². The number of nitrogens with one attached hydrogen (secondary N) is 1. The van der Waals surface area contributed by atoms with Gasteiger partial charge in [0.15, 0.2) is 9.84 Å². The zero-order valence-electron chi connectivity index (χ0n) is 11.3. The Kier molecular flexibility index (Phi) is 3.38. The van der Waals surface area contributed by atoms with Crippen LogP contribution in [0.25, 0.3) is 0 Å². The molecule has 100 valence electrons. The molecule has 0 saturated carbocycles. The zero-order valence-corrected chi connectivity index (χ0v) is 12.1. The molecule has 5 heteroatoms. The topological polar surface area (TPSA) is 49.4 Å². The minimum Gasteiger partial charge on any atom is -0.368 e. The van der Waals surface area contributed by atoms with Gasteiger partial charge in [0.1, 0.15) is 0 Å². The summed E-state index contributed by atoms with van der Waals surface area (Å²) in [5.74, 6) is 0.182. The fraction of sp³-hybridized carbons (Fsp3) is 0.538. The Labute approximate surface area is 109 Å². The van der Waals surface area contributed by atoms with Crippen LogP contribution in [0.4, 0.5) is 5.69 Å². The summed E-state index contributed by atoms with van der Waals surface area (Å²) in [4.78, 5) is 2.60. The number of benzene rings is 1. The van der Waals surface area contributed by atoms with Gasteiger partial charge in [-0.1, -0.05) is 12.1 Å². The van der Waals surface area contributed by atoms with Gasteiger partial charge in [-0.25, -0.2) is 8.42 Å². The number of nitrogens with zero attached hydrogens (tertiary/aromatic N) is 1. The monoisotopic (exact) mass is 268 g/mol. The molecule has 1 aliphatic rings. The van der Waals surface area contributed by atoms with Crippen molar-refractivity contribution >= 4 is 15.5 Å². The van der Waals surface area contributed by atoms with Crippen molar-refractivity contribution < 1.29 is 8.42 Å². The summed E-state index contributed by atoms with van der Waals surface area (Å²) in [5, 5.41) is 3.06. The summed E-state index contributed by atoms with van der Waals surface area (Å²) >= 11 is 0. The van der Waals surface area contributed by atoms with Gasteiger partial charge < -0.3 is 10.2 Å². The Morgan fingerprint density at radius 1 is 1.33 bits per heavy atom. The van der Waals surface area contributed by atoms with Crippen LogP contribution in [0.3, 0.4) is 0 Å². The number of likely N-dealkylation sites (N-methyl/N-ethyl adjacent to an activating group) is 2. The molecule has 0 fully saturated rings. The minimum absolute atomic E-state index is 0.00648. The van der Waals surface area contributed by atoms with Crippen molar-refractivity contribution in [3.63, 3.8) is 0 Å². The van der Waals surface area contributed by atoms with E-state index in [2.05, 4.69) is 10.2 Å². The van der Waals surface area contributed by atoms with Crippen LogP contribution < -0.4 is 10.2 Å². The largest absolute Gasteiger partial charge is 0.368 e. The zero-order chi connectivity index (χ0) is 13.5. The first kappa shape index (κ1) is 13.4. The molecule has 2 rings (SSSR count). The van der Waals surface area contributed by atoms with E-state index >= 15 is 0 Å².